The molecular weight excluding hydrogens is 881 g/mol. The molecule has 360 valence electrons. The highest BCUT2D eigenvalue weighted by Crippen LogP contribution is 2.70. The highest BCUT2D eigenvalue weighted by Gasteiger charge is 2.76. The monoisotopic (exact) mass is 942 g/mol. The number of hydrogen-bond donors (Lipinski definition) is 8. The Morgan fingerprint density at radius 3 is 2.37 bits per heavy atom. The quantitative estimate of drug-likeness (QED) is 0.106. The number of ether oxygens (including phenoxy) is 2. The zero-order chi connectivity index (χ0) is 48.6. The molecule has 16 nitrogen and oxygen atoms in total. The summed E-state index contributed by atoms with van der Waals surface area (Å²) < 4.78 is 13.4. The number of fused-ring (bicyclic) bond motifs is 7. The first kappa shape index (κ1) is 49.7. The number of carboxylic acids is 1. The number of amides is 4. The Labute approximate surface area is 395 Å². The summed E-state index contributed by atoms with van der Waals surface area (Å²) in [5.41, 5.74) is 1.36. The van der Waals surface area contributed by atoms with Crippen LogP contribution in [0.5, 0.6) is 0 Å². The van der Waals surface area contributed by atoms with E-state index in [0.717, 1.165) is 29.5 Å². The predicted molar refractivity (Wildman–Crippen MR) is 248 cm³/mol. The van der Waals surface area contributed by atoms with Crippen LogP contribution in [0, 0.1) is 34.5 Å². The predicted octanol–water partition coefficient (Wildman–Crippen LogP) is 3.74. The minimum absolute atomic E-state index is 0.0175. The maximum atomic E-state index is 14.0. The van der Waals surface area contributed by atoms with Gasteiger partial charge in [0.25, 0.3) is 0 Å². The highest BCUT2D eigenvalue weighted by atomic mass is 32.1. The number of allylic oxidation sites excluding steroid dienone is 4. The van der Waals surface area contributed by atoms with E-state index < -0.39 is 101 Å². The highest BCUT2D eigenvalue weighted by molar-refractivity contribution is 7.81. The van der Waals surface area contributed by atoms with Crippen molar-refractivity contribution in [3.63, 3.8) is 0 Å². The minimum Gasteiger partial charge on any atom is -0.481 e. The fourth-order valence-corrected chi connectivity index (χ4v) is 11.9. The summed E-state index contributed by atoms with van der Waals surface area (Å²) in [6.45, 7) is 8.30. The van der Waals surface area contributed by atoms with E-state index in [1.807, 2.05) is 55.5 Å². The number of anilines is 1. The van der Waals surface area contributed by atoms with Gasteiger partial charge < -0.3 is 46.1 Å². The number of thiol groups is 1. The molecule has 12 atom stereocenters. The fourth-order valence-electron chi connectivity index (χ4n) is 11.7. The van der Waals surface area contributed by atoms with Crippen molar-refractivity contribution in [2.24, 2.45) is 34.5 Å². The van der Waals surface area contributed by atoms with Crippen molar-refractivity contribution in [3.05, 3.63) is 89.0 Å². The van der Waals surface area contributed by atoms with E-state index in [4.69, 9.17) is 14.6 Å². The first-order valence-corrected chi connectivity index (χ1v) is 23.6. The van der Waals surface area contributed by atoms with Gasteiger partial charge in [-0.1, -0.05) is 75.7 Å². The molecule has 0 bridgehead atoms. The van der Waals surface area contributed by atoms with E-state index in [1.165, 1.54) is 6.92 Å². The number of benzene rings is 2. The first-order chi connectivity index (χ1) is 31.7. The second kappa shape index (κ2) is 19.8. The number of nitrogens with one attached hydrogen (secondary N) is 4. The van der Waals surface area contributed by atoms with E-state index in [9.17, 15) is 43.8 Å². The Morgan fingerprint density at radius 1 is 0.955 bits per heavy atom. The van der Waals surface area contributed by atoms with Crippen LogP contribution in [0.4, 0.5) is 5.69 Å². The van der Waals surface area contributed by atoms with Crippen molar-refractivity contribution in [1.82, 2.24) is 16.0 Å². The molecule has 1 heterocycles. The molecule has 0 spiro atoms. The van der Waals surface area contributed by atoms with Crippen LogP contribution in [0.3, 0.4) is 0 Å². The maximum Gasteiger partial charge on any atom is 0.304 e. The van der Waals surface area contributed by atoms with Gasteiger partial charge in [-0.3, -0.25) is 33.6 Å². The third-order valence-corrected chi connectivity index (χ3v) is 15.4. The molecule has 5 aliphatic rings. The molecule has 4 amide bonds. The average Bonchev–Trinajstić information content (AvgIpc) is 3.78. The molecule has 3 saturated carbocycles. The van der Waals surface area contributed by atoms with Gasteiger partial charge in [0.15, 0.2) is 23.5 Å². The SMILES string of the molecule is CC(C)[C@H](NC(=O)CCNC(=O)C(S)CC(=O)O)C(=O)N[C@@H](C)C(=O)Nc1cccc(Cc2ccc([C@@H]3O[C@@H]4C[C@H]5[C@@H]6CCC7=CC(=O)C=C[C@]7(C)[C@H]6[C@@H](O)C[C@]5(C)[C@]4(C(=O)CO)O3)cc2)c1. The molecule has 17 heteroatoms. The van der Waals surface area contributed by atoms with Gasteiger partial charge in [-0.05, 0) is 92.2 Å². The van der Waals surface area contributed by atoms with Crippen molar-refractivity contribution < 1.29 is 58.4 Å². The molecule has 7 N–H and O–H groups in total. The lowest BCUT2D eigenvalue weighted by Gasteiger charge is -2.59. The third-order valence-electron chi connectivity index (χ3n) is 15.0. The standard InChI is InChI=1S/C50H62N4O12S/c1-26(2)43(54-40(59)16-18-51-45(63)37(67)23-41(60)61)46(64)52-27(3)44(62)53-32-8-6-7-29(20-32)19-28-9-11-30(12-10-28)47-65-39-22-35-34-14-13-31-21-33(56)15-17-48(31,4)42(34)36(57)24-49(35,5)50(39,66-47)38(58)25-55/h6-12,15,17,20-21,26-27,34-37,39,42-43,47,55,57,67H,13-14,16,18-19,22-25H2,1-5H3,(H,51,63)(H,52,64)(H,53,62)(H,54,59)(H,60,61)/t27-,34-,35-,36-,37?,39+,42+,43-,47+,48-,49-,50+/m0/s1. The molecule has 0 radical (unpaired) electrons. The van der Waals surface area contributed by atoms with Crippen LogP contribution < -0.4 is 21.3 Å². The van der Waals surface area contributed by atoms with Gasteiger partial charge >= 0.3 is 5.97 Å². The van der Waals surface area contributed by atoms with Gasteiger partial charge in [-0.2, -0.15) is 12.6 Å². The summed E-state index contributed by atoms with van der Waals surface area (Å²) in [6, 6.07) is 13.0. The average molecular weight is 943 g/mol. The van der Waals surface area contributed by atoms with Gasteiger partial charge in [0.05, 0.1) is 23.9 Å². The Balaban J connectivity index is 0.940. The Morgan fingerprint density at radius 2 is 1.69 bits per heavy atom. The summed E-state index contributed by atoms with van der Waals surface area (Å²) in [7, 11) is 0. The van der Waals surface area contributed by atoms with Crippen LogP contribution in [-0.2, 0) is 49.5 Å². The lowest BCUT2D eigenvalue weighted by molar-refractivity contribution is -0.201. The van der Waals surface area contributed by atoms with Gasteiger partial charge in [-0.25, -0.2) is 0 Å². The molecule has 2 aromatic carbocycles. The number of aliphatic hydroxyl groups is 2. The van der Waals surface area contributed by atoms with Crippen LogP contribution in [0.25, 0.3) is 0 Å². The number of hydrogen-bond acceptors (Lipinski definition) is 12. The van der Waals surface area contributed by atoms with Crippen molar-refractivity contribution in [2.45, 2.75) is 121 Å². The first-order valence-electron chi connectivity index (χ1n) is 23.1. The lowest BCUT2D eigenvalue weighted by Crippen LogP contribution is -2.63. The number of aliphatic hydroxyl groups excluding tert-OH is 2. The van der Waals surface area contributed by atoms with Crippen LogP contribution >= 0.6 is 12.6 Å². The molecule has 2 aromatic rings. The van der Waals surface area contributed by atoms with E-state index in [0.29, 0.717) is 24.1 Å². The van der Waals surface area contributed by atoms with Crippen LogP contribution in [0.2, 0.25) is 0 Å². The molecule has 4 aliphatic carbocycles. The molecular formula is C50H62N4O12S. The van der Waals surface area contributed by atoms with Crippen molar-refractivity contribution in [1.29, 1.82) is 0 Å². The van der Waals surface area contributed by atoms with Crippen LogP contribution in [0.15, 0.2) is 72.3 Å². The normalized spacial score (nSPS) is 30.6. The van der Waals surface area contributed by atoms with Gasteiger partial charge in [0.2, 0.25) is 23.6 Å². The third kappa shape index (κ3) is 9.75. The lowest BCUT2D eigenvalue weighted by atomic mass is 9.46. The number of Topliss-reactive ketones (excluding diaryl/α,β-unsaturated/α-hetero) is 1. The Hall–Kier alpha value is -5.20. The van der Waals surface area contributed by atoms with Gasteiger partial charge in [-0.15, -0.1) is 0 Å². The number of carbonyl (C=O) groups excluding carboxylic acids is 6. The number of rotatable bonds is 17. The van der Waals surface area contributed by atoms with E-state index in [2.05, 4.69) is 40.8 Å². The molecule has 7 rings (SSSR count). The molecule has 1 saturated heterocycles. The maximum absolute atomic E-state index is 14.0. The molecule has 4 fully saturated rings. The van der Waals surface area contributed by atoms with Gasteiger partial charge in [0.1, 0.15) is 18.7 Å². The molecule has 1 unspecified atom stereocenters. The summed E-state index contributed by atoms with van der Waals surface area (Å²) >= 11 is 3.96. The summed E-state index contributed by atoms with van der Waals surface area (Å²) in [6.07, 6.45) is 5.18. The number of ketones is 2. The van der Waals surface area contributed by atoms with E-state index in [-0.39, 0.29) is 48.8 Å². The van der Waals surface area contributed by atoms with Crippen LogP contribution in [0.1, 0.15) is 96.1 Å². The summed E-state index contributed by atoms with van der Waals surface area (Å²) in [4.78, 5) is 88.2. The molecule has 1 aliphatic heterocycles. The Kier molecular flexibility index (Phi) is 14.7. The number of carboxylic acid groups (broad SMARTS) is 1. The van der Waals surface area contributed by atoms with Crippen molar-refractivity contribution in [2.75, 3.05) is 18.5 Å². The smallest absolute Gasteiger partial charge is 0.304 e. The topological polar surface area (TPSA) is 247 Å². The van der Waals surface area contributed by atoms with Crippen molar-refractivity contribution in [3.8, 4) is 0 Å². The zero-order valence-electron chi connectivity index (χ0n) is 38.5. The van der Waals surface area contributed by atoms with E-state index in [1.54, 1.807) is 32.1 Å². The summed E-state index contributed by atoms with van der Waals surface area (Å²) in [5, 5.41) is 40.7. The van der Waals surface area contributed by atoms with E-state index >= 15 is 0 Å². The van der Waals surface area contributed by atoms with Gasteiger partial charge in [0, 0.05) is 41.0 Å². The fraction of sp³-hybridized carbons (Fsp3) is 0.540. The number of carbonyl (C=O) groups is 7. The second-order valence-corrected chi connectivity index (χ2v) is 20.2. The minimum atomic E-state index is -1.46. The van der Waals surface area contributed by atoms with Crippen molar-refractivity contribution >= 4 is 59.5 Å². The molecule has 0 aromatic heterocycles. The largest absolute Gasteiger partial charge is 0.481 e. The second-order valence-electron chi connectivity index (χ2n) is 19.6. The number of aliphatic carboxylic acids is 1. The summed E-state index contributed by atoms with van der Waals surface area (Å²) in [5.74, 6) is -4.30. The Bertz CT molecular complexity index is 2350. The molecule has 67 heavy (non-hydrogen) atoms. The zero-order valence-corrected chi connectivity index (χ0v) is 39.3. The van der Waals surface area contributed by atoms with Crippen LogP contribution in [-0.4, -0.2) is 105 Å².